The first-order chi connectivity index (χ1) is 13.0. The standard InChI is InChI=1S/C20H24FN3O3/c1-24-10-2-3-14-11-16(6-9-19(14)24)23-20(26)22-12-17(25)13-27-18-7-4-15(21)5-8-18/h4-9,11,17,25H,2-3,10,12-13H2,1H3,(H2,22,23,26)/t17-/m1/s1. The van der Waals surface area contributed by atoms with Gasteiger partial charge in [0, 0.05) is 31.5 Å². The normalized spacial score (nSPS) is 14.3. The minimum absolute atomic E-state index is 0.00288. The van der Waals surface area contributed by atoms with Crippen LogP contribution in [0.15, 0.2) is 42.5 Å². The van der Waals surface area contributed by atoms with Gasteiger partial charge in [-0.15, -0.1) is 0 Å². The molecule has 1 aliphatic heterocycles. The Hall–Kier alpha value is -2.80. The second-order valence-corrected chi connectivity index (χ2v) is 6.62. The van der Waals surface area contributed by atoms with Gasteiger partial charge in [-0.25, -0.2) is 9.18 Å². The van der Waals surface area contributed by atoms with Gasteiger partial charge in [-0.05, 0) is 60.9 Å². The van der Waals surface area contributed by atoms with E-state index in [1.807, 2.05) is 18.2 Å². The number of aryl methyl sites for hydroxylation is 1. The van der Waals surface area contributed by atoms with Gasteiger partial charge in [-0.1, -0.05) is 0 Å². The van der Waals surface area contributed by atoms with E-state index in [4.69, 9.17) is 4.74 Å². The summed E-state index contributed by atoms with van der Waals surface area (Å²) in [5.41, 5.74) is 3.13. The number of halogens is 1. The first-order valence-corrected chi connectivity index (χ1v) is 8.96. The second-order valence-electron chi connectivity index (χ2n) is 6.62. The second kappa shape index (κ2) is 8.73. The Kier molecular flexibility index (Phi) is 6.13. The van der Waals surface area contributed by atoms with Crippen molar-refractivity contribution in [2.75, 3.05) is 37.0 Å². The average Bonchev–Trinajstić information content (AvgIpc) is 2.66. The molecule has 0 spiro atoms. The van der Waals surface area contributed by atoms with Crippen molar-refractivity contribution in [3.05, 3.63) is 53.8 Å². The molecule has 7 heteroatoms. The number of fused-ring (bicyclic) bond motifs is 1. The predicted octanol–water partition coefficient (Wildman–Crippen LogP) is 2.77. The molecule has 0 radical (unpaired) electrons. The van der Waals surface area contributed by atoms with Crippen molar-refractivity contribution >= 4 is 17.4 Å². The van der Waals surface area contributed by atoms with Gasteiger partial charge in [-0.3, -0.25) is 0 Å². The van der Waals surface area contributed by atoms with Gasteiger partial charge >= 0.3 is 6.03 Å². The third-order valence-corrected chi connectivity index (χ3v) is 4.44. The van der Waals surface area contributed by atoms with E-state index in [1.165, 1.54) is 35.5 Å². The molecule has 0 aliphatic carbocycles. The highest BCUT2D eigenvalue weighted by atomic mass is 19.1. The minimum Gasteiger partial charge on any atom is -0.491 e. The number of nitrogens with zero attached hydrogens (tertiary/aromatic N) is 1. The molecule has 1 heterocycles. The molecule has 2 aromatic rings. The van der Waals surface area contributed by atoms with Gasteiger partial charge in [0.1, 0.15) is 24.3 Å². The van der Waals surface area contributed by atoms with Gasteiger partial charge in [0.05, 0.1) is 0 Å². The molecular formula is C20H24FN3O3. The Labute approximate surface area is 157 Å². The minimum atomic E-state index is -0.877. The summed E-state index contributed by atoms with van der Waals surface area (Å²) in [6.45, 7) is 1.08. The molecule has 0 bridgehead atoms. The fraction of sp³-hybridized carbons (Fsp3) is 0.350. The molecule has 0 fully saturated rings. The topological polar surface area (TPSA) is 73.8 Å². The molecule has 2 aromatic carbocycles. The Morgan fingerprint density at radius 1 is 1.30 bits per heavy atom. The number of amides is 2. The van der Waals surface area contributed by atoms with E-state index in [2.05, 4.69) is 22.6 Å². The van der Waals surface area contributed by atoms with Gasteiger partial charge in [-0.2, -0.15) is 0 Å². The summed E-state index contributed by atoms with van der Waals surface area (Å²) in [6.07, 6.45) is 1.22. The maximum Gasteiger partial charge on any atom is 0.319 e. The average molecular weight is 373 g/mol. The zero-order valence-corrected chi connectivity index (χ0v) is 15.2. The molecule has 2 amide bonds. The van der Waals surface area contributed by atoms with Crippen LogP contribution in [0.1, 0.15) is 12.0 Å². The fourth-order valence-electron chi connectivity index (χ4n) is 3.03. The van der Waals surface area contributed by atoms with Crippen LogP contribution >= 0.6 is 0 Å². The smallest absolute Gasteiger partial charge is 0.319 e. The summed E-state index contributed by atoms with van der Waals surface area (Å²) < 4.78 is 18.2. The summed E-state index contributed by atoms with van der Waals surface area (Å²) in [5, 5.41) is 15.3. The summed E-state index contributed by atoms with van der Waals surface area (Å²) in [4.78, 5) is 14.2. The first kappa shape index (κ1) is 19.0. The molecule has 3 rings (SSSR count). The number of urea groups is 1. The summed E-state index contributed by atoms with van der Waals surface area (Å²) in [7, 11) is 2.06. The third-order valence-electron chi connectivity index (χ3n) is 4.44. The van der Waals surface area contributed by atoms with Crippen LogP contribution in [-0.2, 0) is 6.42 Å². The van der Waals surface area contributed by atoms with E-state index >= 15 is 0 Å². The quantitative estimate of drug-likeness (QED) is 0.728. The van der Waals surface area contributed by atoms with Crippen molar-refractivity contribution < 1.29 is 19.0 Å². The zero-order chi connectivity index (χ0) is 19.2. The molecule has 3 N–H and O–H groups in total. The van der Waals surface area contributed by atoms with Crippen LogP contribution in [0.2, 0.25) is 0 Å². The fourth-order valence-corrected chi connectivity index (χ4v) is 3.03. The van der Waals surface area contributed by atoms with E-state index in [-0.39, 0.29) is 25.0 Å². The summed E-state index contributed by atoms with van der Waals surface area (Å²) in [6, 6.07) is 11.0. The molecule has 1 atom stereocenters. The van der Waals surface area contributed by atoms with Crippen molar-refractivity contribution in [2.24, 2.45) is 0 Å². The van der Waals surface area contributed by atoms with Crippen LogP contribution in [0, 0.1) is 5.82 Å². The van der Waals surface area contributed by atoms with E-state index < -0.39 is 6.10 Å². The molecular weight excluding hydrogens is 349 g/mol. The number of carbonyl (C=O) groups is 1. The summed E-state index contributed by atoms with van der Waals surface area (Å²) in [5.74, 6) is 0.106. The number of anilines is 2. The van der Waals surface area contributed by atoms with Crippen LogP contribution < -0.4 is 20.3 Å². The van der Waals surface area contributed by atoms with Gasteiger partial charge in [0.15, 0.2) is 0 Å². The molecule has 144 valence electrons. The zero-order valence-electron chi connectivity index (χ0n) is 15.2. The Morgan fingerprint density at radius 2 is 2.07 bits per heavy atom. The maximum atomic E-state index is 12.8. The van der Waals surface area contributed by atoms with Gasteiger partial charge < -0.3 is 25.4 Å². The third kappa shape index (κ3) is 5.34. The van der Waals surface area contributed by atoms with Crippen molar-refractivity contribution in [2.45, 2.75) is 18.9 Å². The van der Waals surface area contributed by atoms with Crippen LogP contribution in [0.25, 0.3) is 0 Å². The monoisotopic (exact) mass is 373 g/mol. The SMILES string of the molecule is CN1CCCc2cc(NC(=O)NC[C@@H](O)COc3ccc(F)cc3)ccc21. The Morgan fingerprint density at radius 3 is 2.85 bits per heavy atom. The lowest BCUT2D eigenvalue weighted by atomic mass is 10.0. The lowest BCUT2D eigenvalue weighted by Crippen LogP contribution is -2.37. The van der Waals surface area contributed by atoms with Crippen molar-refractivity contribution in [1.29, 1.82) is 0 Å². The van der Waals surface area contributed by atoms with Crippen molar-refractivity contribution in [1.82, 2.24) is 5.32 Å². The number of aliphatic hydroxyl groups excluding tert-OH is 1. The first-order valence-electron chi connectivity index (χ1n) is 8.96. The van der Waals surface area contributed by atoms with Crippen LogP contribution in [0.4, 0.5) is 20.6 Å². The number of rotatable bonds is 6. The number of ether oxygens (including phenoxy) is 1. The molecule has 0 saturated carbocycles. The van der Waals surface area contributed by atoms with E-state index in [0.29, 0.717) is 5.75 Å². The predicted molar refractivity (Wildman–Crippen MR) is 103 cm³/mol. The van der Waals surface area contributed by atoms with Crippen LogP contribution in [0.3, 0.4) is 0 Å². The molecule has 0 aromatic heterocycles. The van der Waals surface area contributed by atoms with Crippen molar-refractivity contribution in [3.8, 4) is 5.75 Å². The number of carbonyl (C=O) groups excluding carboxylic acids is 1. The van der Waals surface area contributed by atoms with Crippen LogP contribution in [-0.4, -0.2) is 44.0 Å². The lowest BCUT2D eigenvalue weighted by Gasteiger charge is -2.27. The van der Waals surface area contributed by atoms with Gasteiger partial charge in [0.25, 0.3) is 0 Å². The maximum absolute atomic E-state index is 12.8. The number of nitrogens with one attached hydrogen (secondary N) is 2. The summed E-state index contributed by atoms with van der Waals surface area (Å²) >= 11 is 0. The molecule has 1 aliphatic rings. The number of hydrogen-bond donors (Lipinski definition) is 3. The van der Waals surface area contributed by atoms with E-state index in [9.17, 15) is 14.3 Å². The highest BCUT2D eigenvalue weighted by Crippen LogP contribution is 2.28. The van der Waals surface area contributed by atoms with E-state index in [1.54, 1.807) is 0 Å². The lowest BCUT2D eigenvalue weighted by molar-refractivity contribution is 0.108. The molecule has 6 nitrogen and oxygen atoms in total. The van der Waals surface area contributed by atoms with Gasteiger partial charge in [0.2, 0.25) is 0 Å². The largest absolute Gasteiger partial charge is 0.491 e. The number of hydrogen-bond acceptors (Lipinski definition) is 4. The Bertz CT molecular complexity index is 783. The number of aliphatic hydroxyl groups is 1. The van der Waals surface area contributed by atoms with E-state index in [0.717, 1.165) is 25.1 Å². The molecule has 0 unspecified atom stereocenters. The Balaban J connectivity index is 1.43. The highest BCUT2D eigenvalue weighted by molar-refractivity contribution is 5.89. The van der Waals surface area contributed by atoms with Crippen molar-refractivity contribution in [3.63, 3.8) is 0 Å². The number of benzene rings is 2. The molecule has 0 saturated heterocycles. The van der Waals surface area contributed by atoms with Crippen LogP contribution in [0.5, 0.6) is 5.75 Å². The highest BCUT2D eigenvalue weighted by Gasteiger charge is 2.14. The molecule has 27 heavy (non-hydrogen) atoms.